The maximum Gasteiger partial charge on any atom is 0.417 e. The molecule has 1 aromatic carbocycles. The summed E-state index contributed by atoms with van der Waals surface area (Å²) in [6, 6.07) is 8.92. The number of carbonyl (C=O) groups is 2. The van der Waals surface area contributed by atoms with Gasteiger partial charge in [-0.1, -0.05) is 48.6 Å². The minimum Gasteiger partial charge on any atom is -0.446 e. The molecule has 2 fully saturated rings. The van der Waals surface area contributed by atoms with Gasteiger partial charge in [-0.3, -0.25) is 4.79 Å². The maximum absolute atomic E-state index is 13.6. The summed E-state index contributed by atoms with van der Waals surface area (Å²) in [6.45, 7) is 5.43. The highest BCUT2D eigenvalue weighted by Gasteiger charge is 2.40. The summed E-state index contributed by atoms with van der Waals surface area (Å²) in [4.78, 5) is 26.9. The van der Waals surface area contributed by atoms with Crippen molar-refractivity contribution in [2.75, 3.05) is 6.61 Å². The Morgan fingerprint density at radius 1 is 1.26 bits per heavy atom. The van der Waals surface area contributed by atoms with Crippen molar-refractivity contribution >= 4 is 12.0 Å². The van der Waals surface area contributed by atoms with Gasteiger partial charge >= 0.3 is 6.09 Å². The van der Waals surface area contributed by atoms with Crippen LogP contribution in [-0.2, 0) is 9.53 Å². The molecule has 3 rings (SSSR count). The van der Waals surface area contributed by atoms with E-state index in [9.17, 15) is 19.1 Å². The normalized spacial score (nSPS) is 25.8. The quantitative estimate of drug-likeness (QED) is 0.604. The molecule has 166 valence electrons. The van der Waals surface area contributed by atoms with E-state index in [-0.39, 0.29) is 36.9 Å². The summed E-state index contributed by atoms with van der Waals surface area (Å²) in [5, 5.41) is 9.88. The van der Waals surface area contributed by atoms with Crippen molar-refractivity contribution in [3.05, 3.63) is 72.1 Å². The molecule has 2 aliphatic rings. The van der Waals surface area contributed by atoms with Crippen molar-refractivity contribution in [2.24, 2.45) is 11.8 Å². The molecule has 0 aromatic heterocycles. The van der Waals surface area contributed by atoms with Gasteiger partial charge in [0.1, 0.15) is 18.5 Å². The SMILES string of the molecule is C=C/C(F)=C\C=C(/C)[C@H](CC(=O)N1C(=O)OC[C@@H]1c1ccccc1)[C@H]1CC[C@H](O)CC1. The van der Waals surface area contributed by atoms with Gasteiger partial charge in [-0.25, -0.2) is 14.1 Å². The molecule has 6 heteroatoms. The Hall–Kier alpha value is -2.73. The van der Waals surface area contributed by atoms with Crippen LogP contribution in [0.3, 0.4) is 0 Å². The molecular weight excluding hydrogens is 397 g/mol. The number of allylic oxidation sites excluding steroid dienone is 5. The zero-order valence-corrected chi connectivity index (χ0v) is 17.9. The number of carbonyl (C=O) groups excluding carboxylic acids is 2. The van der Waals surface area contributed by atoms with Crippen molar-refractivity contribution in [1.29, 1.82) is 0 Å². The number of amides is 2. The maximum atomic E-state index is 13.6. The molecule has 0 unspecified atom stereocenters. The van der Waals surface area contributed by atoms with Gasteiger partial charge in [-0.15, -0.1) is 0 Å². The third kappa shape index (κ3) is 5.70. The monoisotopic (exact) mass is 427 g/mol. The lowest BCUT2D eigenvalue weighted by atomic mass is 9.74. The molecule has 5 nitrogen and oxygen atoms in total. The van der Waals surface area contributed by atoms with Crippen LogP contribution in [0, 0.1) is 11.8 Å². The molecule has 1 aromatic rings. The molecule has 1 saturated heterocycles. The number of aliphatic hydroxyl groups is 1. The average molecular weight is 428 g/mol. The molecule has 2 atom stereocenters. The van der Waals surface area contributed by atoms with Crippen molar-refractivity contribution in [3.63, 3.8) is 0 Å². The van der Waals surface area contributed by atoms with Crippen LogP contribution in [0.4, 0.5) is 9.18 Å². The van der Waals surface area contributed by atoms with Crippen LogP contribution in [0.5, 0.6) is 0 Å². The smallest absolute Gasteiger partial charge is 0.417 e. The molecule has 1 aliphatic carbocycles. The molecule has 0 spiro atoms. The lowest BCUT2D eigenvalue weighted by Gasteiger charge is -2.33. The van der Waals surface area contributed by atoms with Gasteiger partial charge < -0.3 is 9.84 Å². The highest BCUT2D eigenvalue weighted by molar-refractivity contribution is 5.94. The first-order chi connectivity index (χ1) is 14.9. The zero-order chi connectivity index (χ0) is 22.4. The Morgan fingerprint density at radius 2 is 1.94 bits per heavy atom. The third-order valence-electron chi connectivity index (χ3n) is 6.32. The van der Waals surface area contributed by atoms with E-state index in [1.54, 1.807) is 6.08 Å². The molecule has 1 heterocycles. The fourth-order valence-electron chi connectivity index (χ4n) is 4.51. The number of rotatable bonds is 7. The Morgan fingerprint density at radius 3 is 2.58 bits per heavy atom. The van der Waals surface area contributed by atoms with Gasteiger partial charge in [0.2, 0.25) is 5.91 Å². The Balaban J connectivity index is 1.82. The number of aliphatic hydroxyl groups excluding tert-OH is 1. The van der Waals surface area contributed by atoms with Crippen LogP contribution < -0.4 is 0 Å². The van der Waals surface area contributed by atoms with Gasteiger partial charge in [0, 0.05) is 6.42 Å². The summed E-state index contributed by atoms with van der Waals surface area (Å²) >= 11 is 0. The number of benzene rings is 1. The highest BCUT2D eigenvalue weighted by atomic mass is 19.1. The topological polar surface area (TPSA) is 66.8 Å². The van der Waals surface area contributed by atoms with Crippen LogP contribution in [-0.4, -0.2) is 34.7 Å². The van der Waals surface area contributed by atoms with Gasteiger partial charge in [-0.05, 0) is 62.2 Å². The van der Waals surface area contributed by atoms with Crippen molar-refractivity contribution < 1.29 is 23.8 Å². The number of hydrogen-bond donors (Lipinski definition) is 1. The van der Waals surface area contributed by atoms with E-state index in [4.69, 9.17) is 4.74 Å². The predicted octanol–water partition coefficient (Wildman–Crippen LogP) is 5.25. The van der Waals surface area contributed by atoms with Gasteiger partial charge in [0.05, 0.1) is 6.10 Å². The second-order valence-corrected chi connectivity index (χ2v) is 8.31. The second-order valence-electron chi connectivity index (χ2n) is 8.31. The number of nitrogens with zero attached hydrogens (tertiary/aromatic N) is 1. The average Bonchev–Trinajstić information content (AvgIpc) is 3.18. The highest BCUT2D eigenvalue weighted by Crippen LogP contribution is 2.38. The van der Waals surface area contributed by atoms with E-state index in [1.807, 2.05) is 37.3 Å². The molecular formula is C25H30FNO4. The number of halogens is 1. The zero-order valence-electron chi connectivity index (χ0n) is 17.9. The van der Waals surface area contributed by atoms with E-state index in [1.165, 1.54) is 11.0 Å². The summed E-state index contributed by atoms with van der Waals surface area (Å²) in [5.74, 6) is -0.722. The molecule has 1 aliphatic heterocycles. The molecule has 0 bridgehead atoms. The number of hydrogen-bond acceptors (Lipinski definition) is 4. The van der Waals surface area contributed by atoms with E-state index >= 15 is 0 Å². The Bertz CT molecular complexity index is 856. The van der Waals surface area contributed by atoms with Crippen molar-refractivity contribution in [3.8, 4) is 0 Å². The minimum absolute atomic E-state index is 0.130. The first-order valence-electron chi connectivity index (χ1n) is 10.8. The second kappa shape index (κ2) is 10.5. The molecule has 2 amide bonds. The lowest BCUT2D eigenvalue weighted by molar-refractivity contribution is -0.130. The fourth-order valence-corrected chi connectivity index (χ4v) is 4.51. The Kier molecular flexibility index (Phi) is 7.80. The molecule has 1 N–H and O–H groups in total. The largest absolute Gasteiger partial charge is 0.446 e. The number of imide groups is 1. The van der Waals surface area contributed by atoms with E-state index < -0.39 is 18.0 Å². The minimum atomic E-state index is -0.629. The van der Waals surface area contributed by atoms with E-state index in [2.05, 4.69) is 6.58 Å². The molecule has 0 radical (unpaired) electrons. The van der Waals surface area contributed by atoms with Gasteiger partial charge in [-0.2, -0.15) is 0 Å². The Labute approximate surface area is 182 Å². The number of ether oxygens (including phenoxy) is 1. The van der Waals surface area contributed by atoms with Crippen molar-refractivity contribution in [2.45, 2.75) is 51.2 Å². The third-order valence-corrected chi connectivity index (χ3v) is 6.32. The summed E-state index contributed by atoms with van der Waals surface area (Å²) in [7, 11) is 0. The fraction of sp³-hybridized carbons (Fsp3) is 0.440. The summed E-state index contributed by atoms with van der Waals surface area (Å²) < 4.78 is 18.8. The number of cyclic esters (lactones) is 1. The standard InChI is InChI=1S/C25H30FNO4/c1-3-20(26)12-9-17(2)22(18-10-13-21(28)14-11-18)15-24(29)27-23(16-31-25(27)30)19-7-5-4-6-8-19/h3-9,12,18,21-23,28H,1,10-11,13-16H2,2H3/b17-9+,20-12+/t18-,21-,22-,23+/m0/s1. The predicted molar refractivity (Wildman–Crippen MR) is 117 cm³/mol. The first-order valence-corrected chi connectivity index (χ1v) is 10.8. The lowest BCUT2D eigenvalue weighted by Crippen LogP contribution is -2.37. The van der Waals surface area contributed by atoms with Gasteiger partial charge in [0.15, 0.2) is 0 Å². The molecule has 1 saturated carbocycles. The van der Waals surface area contributed by atoms with Crippen LogP contribution >= 0.6 is 0 Å². The summed E-state index contributed by atoms with van der Waals surface area (Å²) in [6.07, 6.45) is 6.26. The van der Waals surface area contributed by atoms with Crippen molar-refractivity contribution in [1.82, 2.24) is 4.90 Å². The van der Waals surface area contributed by atoms with Crippen LogP contribution in [0.1, 0.15) is 50.6 Å². The van der Waals surface area contributed by atoms with Crippen LogP contribution in [0.15, 0.2) is 66.5 Å². The molecule has 31 heavy (non-hydrogen) atoms. The van der Waals surface area contributed by atoms with E-state index in [0.717, 1.165) is 30.1 Å². The van der Waals surface area contributed by atoms with Crippen LogP contribution in [0.25, 0.3) is 0 Å². The summed E-state index contributed by atoms with van der Waals surface area (Å²) in [5.41, 5.74) is 1.72. The first kappa shape index (κ1) is 22.9. The van der Waals surface area contributed by atoms with Gasteiger partial charge in [0.25, 0.3) is 0 Å². The van der Waals surface area contributed by atoms with E-state index in [0.29, 0.717) is 12.8 Å². The van der Waals surface area contributed by atoms with Crippen LogP contribution in [0.2, 0.25) is 0 Å².